The van der Waals surface area contributed by atoms with Crippen LogP contribution < -0.4 is 5.32 Å². The lowest BCUT2D eigenvalue weighted by Gasteiger charge is -2.11. The first-order valence-electron chi connectivity index (χ1n) is 8.85. The Kier molecular flexibility index (Phi) is 3.99. The molecule has 0 spiro atoms. The lowest BCUT2D eigenvalue weighted by atomic mass is 10.1. The standard InChI is InChI=1S/C20H22N4O/c1-13-7-9-17(14(2)11-13)21-20(25)15-8-10-19-18(12-15)22-23-24(19)16-5-3-4-6-16/h7-12,16H,3-6H2,1-2H3,(H,21,25). The molecule has 0 atom stereocenters. The van der Waals surface area contributed by atoms with Gasteiger partial charge in [-0.1, -0.05) is 35.8 Å². The number of carbonyl (C=O) groups excluding carboxylic acids is 1. The van der Waals surface area contributed by atoms with E-state index in [2.05, 4.69) is 21.7 Å². The van der Waals surface area contributed by atoms with Gasteiger partial charge in [-0.25, -0.2) is 4.68 Å². The molecule has 5 heteroatoms. The summed E-state index contributed by atoms with van der Waals surface area (Å²) in [6, 6.07) is 12.1. The van der Waals surface area contributed by atoms with Crippen molar-refractivity contribution in [2.24, 2.45) is 0 Å². The van der Waals surface area contributed by atoms with Gasteiger partial charge >= 0.3 is 0 Å². The number of aryl methyl sites for hydroxylation is 2. The minimum absolute atomic E-state index is 0.121. The van der Waals surface area contributed by atoms with Gasteiger partial charge in [-0.3, -0.25) is 4.79 Å². The first-order chi connectivity index (χ1) is 12.1. The highest BCUT2D eigenvalue weighted by Gasteiger charge is 2.20. The highest BCUT2D eigenvalue weighted by Crippen LogP contribution is 2.31. The number of anilines is 1. The summed E-state index contributed by atoms with van der Waals surface area (Å²) in [5.74, 6) is -0.121. The molecule has 0 unspecified atom stereocenters. The molecule has 4 rings (SSSR count). The predicted molar refractivity (Wildman–Crippen MR) is 98.9 cm³/mol. The molecule has 3 aromatic rings. The zero-order chi connectivity index (χ0) is 17.4. The summed E-state index contributed by atoms with van der Waals surface area (Å²) in [5, 5.41) is 11.6. The Bertz CT molecular complexity index is 938. The van der Waals surface area contributed by atoms with E-state index in [9.17, 15) is 4.79 Å². The van der Waals surface area contributed by atoms with Gasteiger partial charge in [0.05, 0.1) is 11.6 Å². The summed E-state index contributed by atoms with van der Waals surface area (Å²) in [5.41, 5.74) is 5.47. The van der Waals surface area contributed by atoms with E-state index < -0.39 is 0 Å². The monoisotopic (exact) mass is 334 g/mol. The van der Waals surface area contributed by atoms with Crippen LogP contribution in [0.2, 0.25) is 0 Å². The van der Waals surface area contributed by atoms with Gasteiger partial charge in [0.15, 0.2) is 0 Å². The maximum atomic E-state index is 12.6. The maximum absolute atomic E-state index is 12.6. The SMILES string of the molecule is Cc1ccc(NC(=O)c2ccc3c(c2)nnn3C2CCCC2)c(C)c1. The Morgan fingerprint density at radius 2 is 1.92 bits per heavy atom. The third-order valence-corrected chi connectivity index (χ3v) is 5.03. The number of nitrogens with one attached hydrogen (secondary N) is 1. The second-order valence-electron chi connectivity index (χ2n) is 6.95. The van der Waals surface area contributed by atoms with Crippen LogP contribution in [-0.2, 0) is 0 Å². The van der Waals surface area contributed by atoms with Crippen LogP contribution in [0.3, 0.4) is 0 Å². The first kappa shape index (κ1) is 15.8. The van der Waals surface area contributed by atoms with Crippen LogP contribution in [0.4, 0.5) is 5.69 Å². The van der Waals surface area contributed by atoms with Gasteiger partial charge in [0.25, 0.3) is 5.91 Å². The average molecular weight is 334 g/mol. The largest absolute Gasteiger partial charge is 0.322 e. The number of nitrogens with zero attached hydrogens (tertiary/aromatic N) is 3. The van der Waals surface area contributed by atoms with E-state index in [1.807, 2.05) is 48.9 Å². The van der Waals surface area contributed by atoms with E-state index in [0.717, 1.165) is 35.1 Å². The van der Waals surface area contributed by atoms with Crippen molar-refractivity contribution in [2.45, 2.75) is 45.6 Å². The smallest absolute Gasteiger partial charge is 0.255 e. The van der Waals surface area contributed by atoms with Crippen LogP contribution >= 0.6 is 0 Å². The molecule has 25 heavy (non-hydrogen) atoms. The third kappa shape index (κ3) is 3.02. The number of hydrogen-bond donors (Lipinski definition) is 1. The number of fused-ring (bicyclic) bond motifs is 1. The molecule has 0 aliphatic heterocycles. The molecule has 1 saturated carbocycles. The summed E-state index contributed by atoms with van der Waals surface area (Å²) < 4.78 is 2.02. The molecule has 2 aromatic carbocycles. The molecule has 1 heterocycles. The number of benzene rings is 2. The Morgan fingerprint density at radius 1 is 1.12 bits per heavy atom. The number of rotatable bonds is 3. The van der Waals surface area contributed by atoms with Crippen molar-refractivity contribution in [3.63, 3.8) is 0 Å². The Balaban J connectivity index is 1.59. The van der Waals surface area contributed by atoms with Gasteiger partial charge in [0, 0.05) is 11.3 Å². The van der Waals surface area contributed by atoms with E-state index in [1.54, 1.807) is 0 Å². The lowest BCUT2D eigenvalue weighted by Crippen LogP contribution is -2.13. The van der Waals surface area contributed by atoms with E-state index in [1.165, 1.54) is 18.4 Å². The second kappa shape index (κ2) is 6.31. The van der Waals surface area contributed by atoms with Crippen molar-refractivity contribution < 1.29 is 4.79 Å². The number of hydrogen-bond acceptors (Lipinski definition) is 3. The summed E-state index contributed by atoms with van der Waals surface area (Å²) in [4.78, 5) is 12.6. The quantitative estimate of drug-likeness (QED) is 0.771. The van der Waals surface area contributed by atoms with Crippen LogP contribution in [0.1, 0.15) is 53.2 Å². The lowest BCUT2D eigenvalue weighted by molar-refractivity contribution is 0.102. The fourth-order valence-electron chi connectivity index (χ4n) is 3.65. The molecule has 128 valence electrons. The van der Waals surface area contributed by atoms with E-state index in [-0.39, 0.29) is 5.91 Å². The average Bonchev–Trinajstić information content (AvgIpc) is 3.25. The molecular formula is C20H22N4O. The fraction of sp³-hybridized carbons (Fsp3) is 0.350. The molecule has 1 amide bonds. The topological polar surface area (TPSA) is 59.8 Å². The summed E-state index contributed by atoms with van der Waals surface area (Å²) in [7, 11) is 0. The molecule has 0 bridgehead atoms. The van der Waals surface area contributed by atoms with Crippen molar-refractivity contribution in [2.75, 3.05) is 5.32 Å². The maximum Gasteiger partial charge on any atom is 0.255 e. The van der Waals surface area contributed by atoms with Gasteiger partial charge in [0.1, 0.15) is 5.52 Å². The summed E-state index contributed by atoms with van der Waals surface area (Å²) in [6.45, 7) is 4.04. The first-order valence-corrected chi connectivity index (χ1v) is 8.85. The highest BCUT2D eigenvalue weighted by atomic mass is 16.1. The van der Waals surface area contributed by atoms with Gasteiger partial charge in [-0.15, -0.1) is 5.10 Å². The van der Waals surface area contributed by atoms with Crippen molar-refractivity contribution in [3.05, 3.63) is 53.1 Å². The van der Waals surface area contributed by atoms with Crippen molar-refractivity contribution in [1.82, 2.24) is 15.0 Å². The molecule has 0 saturated heterocycles. The van der Waals surface area contributed by atoms with Crippen LogP contribution in [-0.4, -0.2) is 20.9 Å². The van der Waals surface area contributed by atoms with Crippen molar-refractivity contribution in [1.29, 1.82) is 0 Å². The van der Waals surface area contributed by atoms with E-state index in [0.29, 0.717) is 11.6 Å². The second-order valence-corrected chi connectivity index (χ2v) is 6.95. The van der Waals surface area contributed by atoms with Crippen LogP contribution in [0, 0.1) is 13.8 Å². The predicted octanol–water partition coefficient (Wildman–Crippen LogP) is 4.42. The van der Waals surface area contributed by atoms with Crippen molar-refractivity contribution in [3.8, 4) is 0 Å². The molecule has 0 radical (unpaired) electrons. The Morgan fingerprint density at radius 3 is 2.68 bits per heavy atom. The molecule has 1 aliphatic carbocycles. The van der Waals surface area contributed by atoms with E-state index >= 15 is 0 Å². The minimum Gasteiger partial charge on any atom is -0.322 e. The third-order valence-electron chi connectivity index (χ3n) is 5.03. The minimum atomic E-state index is -0.121. The molecule has 5 nitrogen and oxygen atoms in total. The van der Waals surface area contributed by atoms with Gasteiger partial charge < -0.3 is 5.32 Å². The molecule has 1 aliphatic rings. The molecule has 1 aromatic heterocycles. The van der Waals surface area contributed by atoms with Gasteiger partial charge in [-0.2, -0.15) is 0 Å². The van der Waals surface area contributed by atoms with Crippen molar-refractivity contribution >= 4 is 22.6 Å². The summed E-state index contributed by atoms with van der Waals surface area (Å²) in [6.07, 6.45) is 4.83. The number of aromatic nitrogens is 3. The Hall–Kier alpha value is -2.69. The Labute approximate surface area is 147 Å². The highest BCUT2D eigenvalue weighted by molar-refractivity contribution is 6.06. The fourth-order valence-corrected chi connectivity index (χ4v) is 3.65. The number of amides is 1. The molecular weight excluding hydrogens is 312 g/mol. The van der Waals surface area contributed by atoms with Gasteiger partial charge in [-0.05, 0) is 56.5 Å². The normalized spacial score (nSPS) is 15.0. The van der Waals surface area contributed by atoms with Crippen LogP contribution in [0.25, 0.3) is 11.0 Å². The molecule has 1 N–H and O–H groups in total. The number of carbonyl (C=O) groups is 1. The molecule has 1 fully saturated rings. The van der Waals surface area contributed by atoms with E-state index in [4.69, 9.17) is 0 Å². The zero-order valence-electron chi connectivity index (χ0n) is 14.6. The zero-order valence-corrected chi connectivity index (χ0v) is 14.6. The van der Waals surface area contributed by atoms with Gasteiger partial charge in [0.2, 0.25) is 0 Å². The summed E-state index contributed by atoms with van der Waals surface area (Å²) >= 11 is 0. The van der Waals surface area contributed by atoms with Crippen LogP contribution in [0.15, 0.2) is 36.4 Å². The van der Waals surface area contributed by atoms with Crippen LogP contribution in [0.5, 0.6) is 0 Å².